The SMILES string of the molecule is CCC(O)CCNS(=O)(=O)c1cc(C)c(C(=O)O)s1. The van der Waals surface area contributed by atoms with E-state index < -0.39 is 22.1 Å². The Bertz CT molecular complexity index is 549. The van der Waals surface area contributed by atoms with Crippen LogP contribution in [0.2, 0.25) is 0 Å². The third-order valence-electron chi connectivity index (χ3n) is 2.60. The third kappa shape index (κ3) is 4.27. The number of aliphatic hydroxyl groups excluding tert-OH is 1. The number of carboxylic acid groups (broad SMARTS) is 1. The van der Waals surface area contributed by atoms with Crippen LogP contribution in [0.25, 0.3) is 0 Å². The molecule has 3 N–H and O–H groups in total. The number of hydrogen-bond acceptors (Lipinski definition) is 5. The first kappa shape index (κ1) is 16.1. The summed E-state index contributed by atoms with van der Waals surface area (Å²) < 4.78 is 26.2. The molecule has 0 saturated carbocycles. The molecular formula is C11H17NO5S2. The molecule has 1 unspecified atom stereocenters. The maximum atomic E-state index is 11.9. The van der Waals surface area contributed by atoms with Crippen LogP contribution in [0, 0.1) is 6.92 Å². The summed E-state index contributed by atoms with van der Waals surface area (Å²) in [5.74, 6) is -1.13. The van der Waals surface area contributed by atoms with Gasteiger partial charge in [-0.2, -0.15) is 0 Å². The summed E-state index contributed by atoms with van der Waals surface area (Å²) in [6.07, 6.45) is 0.344. The summed E-state index contributed by atoms with van der Waals surface area (Å²) in [5, 5.41) is 18.2. The molecule has 0 amide bonds. The second-order valence-corrected chi connectivity index (χ2v) is 7.18. The largest absolute Gasteiger partial charge is 0.477 e. The standard InChI is InChI=1S/C11H17NO5S2/c1-3-8(13)4-5-12-19(16,17)9-6-7(2)10(18-9)11(14)15/h6,8,12-13H,3-5H2,1-2H3,(H,14,15). The van der Waals surface area contributed by atoms with Gasteiger partial charge in [0.2, 0.25) is 10.0 Å². The molecule has 0 fully saturated rings. The average molecular weight is 307 g/mol. The van der Waals surface area contributed by atoms with E-state index in [0.29, 0.717) is 18.4 Å². The van der Waals surface area contributed by atoms with Gasteiger partial charge >= 0.3 is 5.97 Å². The summed E-state index contributed by atoms with van der Waals surface area (Å²) in [6, 6.07) is 1.34. The van der Waals surface area contributed by atoms with E-state index in [4.69, 9.17) is 5.11 Å². The Labute approximate surface area is 116 Å². The Morgan fingerprint density at radius 1 is 1.53 bits per heavy atom. The van der Waals surface area contributed by atoms with Crippen LogP contribution in [0.5, 0.6) is 0 Å². The number of carbonyl (C=O) groups is 1. The summed E-state index contributed by atoms with van der Waals surface area (Å²) in [7, 11) is -3.71. The van der Waals surface area contributed by atoms with Crippen LogP contribution < -0.4 is 4.72 Å². The molecular weight excluding hydrogens is 290 g/mol. The number of rotatable bonds is 7. The fourth-order valence-corrected chi connectivity index (χ4v) is 3.90. The summed E-state index contributed by atoms with van der Waals surface area (Å²) in [4.78, 5) is 10.9. The number of carboxylic acids is 1. The van der Waals surface area contributed by atoms with Gasteiger partial charge < -0.3 is 10.2 Å². The van der Waals surface area contributed by atoms with Gasteiger partial charge in [-0.15, -0.1) is 11.3 Å². The van der Waals surface area contributed by atoms with Crippen molar-refractivity contribution in [3.63, 3.8) is 0 Å². The van der Waals surface area contributed by atoms with E-state index in [9.17, 15) is 18.3 Å². The Kier molecular flexibility index (Phi) is 5.48. The molecule has 0 aliphatic carbocycles. The van der Waals surface area contributed by atoms with Crippen LogP contribution in [0.15, 0.2) is 10.3 Å². The predicted octanol–water partition coefficient (Wildman–Crippen LogP) is 1.19. The number of aromatic carboxylic acids is 1. The van der Waals surface area contributed by atoms with E-state index >= 15 is 0 Å². The molecule has 1 rings (SSSR count). The normalized spacial score (nSPS) is 13.4. The Balaban J connectivity index is 2.78. The molecule has 1 aromatic heterocycles. The van der Waals surface area contributed by atoms with Crippen LogP contribution in [0.4, 0.5) is 0 Å². The first-order valence-electron chi connectivity index (χ1n) is 5.79. The number of sulfonamides is 1. The second kappa shape index (κ2) is 6.47. The molecule has 0 aliphatic heterocycles. The summed E-state index contributed by atoms with van der Waals surface area (Å²) >= 11 is 0.727. The fourth-order valence-electron chi connectivity index (χ4n) is 1.43. The zero-order valence-electron chi connectivity index (χ0n) is 10.7. The first-order valence-corrected chi connectivity index (χ1v) is 8.09. The summed E-state index contributed by atoms with van der Waals surface area (Å²) in [5.41, 5.74) is 0.423. The van der Waals surface area contributed by atoms with Gasteiger partial charge in [-0.05, 0) is 31.4 Å². The van der Waals surface area contributed by atoms with Gasteiger partial charge in [-0.25, -0.2) is 17.9 Å². The van der Waals surface area contributed by atoms with E-state index in [0.717, 1.165) is 11.3 Å². The van der Waals surface area contributed by atoms with E-state index in [1.165, 1.54) is 6.07 Å². The van der Waals surface area contributed by atoms with Gasteiger partial charge in [0, 0.05) is 6.54 Å². The smallest absolute Gasteiger partial charge is 0.346 e. The Morgan fingerprint density at radius 2 is 2.16 bits per heavy atom. The number of aliphatic hydroxyl groups is 1. The van der Waals surface area contributed by atoms with Crippen LogP contribution in [-0.4, -0.2) is 37.2 Å². The lowest BCUT2D eigenvalue weighted by molar-refractivity contribution is 0.0701. The van der Waals surface area contributed by atoms with Crippen molar-refractivity contribution in [3.05, 3.63) is 16.5 Å². The monoisotopic (exact) mass is 307 g/mol. The van der Waals surface area contributed by atoms with Crippen LogP contribution in [0.3, 0.4) is 0 Å². The molecule has 1 aromatic rings. The van der Waals surface area contributed by atoms with E-state index in [2.05, 4.69) is 4.72 Å². The van der Waals surface area contributed by atoms with Gasteiger partial charge in [-0.3, -0.25) is 0 Å². The molecule has 0 radical (unpaired) electrons. The highest BCUT2D eigenvalue weighted by molar-refractivity contribution is 7.91. The molecule has 0 aromatic carbocycles. The van der Waals surface area contributed by atoms with Gasteiger partial charge in [0.15, 0.2) is 0 Å². The lowest BCUT2D eigenvalue weighted by Crippen LogP contribution is -2.26. The van der Waals surface area contributed by atoms with Crippen molar-refractivity contribution in [2.45, 2.75) is 37.0 Å². The topological polar surface area (TPSA) is 104 Å². The van der Waals surface area contributed by atoms with Gasteiger partial charge in [0.05, 0.1) is 6.10 Å². The minimum absolute atomic E-state index is 0.0200. The van der Waals surface area contributed by atoms with Crippen molar-refractivity contribution < 1.29 is 23.4 Å². The first-order chi connectivity index (χ1) is 8.77. The number of aryl methyl sites for hydroxylation is 1. The Hall–Kier alpha value is -0.960. The molecule has 6 nitrogen and oxygen atoms in total. The second-order valence-electron chi connectivity index (χ2n) is 4.13. The van der Waals surface area contributed by atoms with Gasteiger partial charge in [0.25, 0.3) is 0 Å². The number of hydrogen-bond donors (Lipinski definition) is 3. The zero-order valence-corrected chi connectivity index (χ0v) is 12.3. The highest BCUT2D eigenvalue weighted by Crippen LogP contribution is 2.25. The highest BCUT2D eigenvalue weighted by Gasteiger charge is 2.21. The minimum atomic E-state index is -3.71. The van der Waals surface area contributed by atoms with Crippen molar-refractivity contribution in [2.24, 2.45) is 0 Å². The molecule has 1 atom stereocenters. The molecule has 0 spiro atoms. The van der Waals surface area contributed by atoms with Crippen molar-refractivity contribution >= 4 is 27.3 Å². The van der Waals surface area contributed by atoms with Crippen molar-refractivity contribution in [2.75, 3.05) is 6.54 Å². The highest BCUT2D eigenvalue weighted by atomic mass is 32.2. The van der Waals surface area contributed by atoms with Crippen molar-refractivity contribution in [3.8, 4) is 0 Å². The number of nitrogens with one attached hydrogen (secondary N) is 1. The quantitative estimate of drug-likeness (QED) is 0.702. The Morgan fingerprint density at radius 3 is 2.63 bits per heavy atom. The lowest BCUT2D eigenvalue weighted by atomic mass is 10.2. The van der Waals surface area contributed by atoms with E-state index in [1.54, 1.807) is 13.8 Å². The molecule has 108 valence electrons. The number of thiophene rings is 1. The van der Waals surface area contributed by atoms with Crippen molar-refractivity contribution in [1.29, 1.82) is 0 Å². The van der Waals surface area contributed by atoms with Gasteiger partial charge in [0.1, 0.15) is 9.09 Å². The van der Waals surface area contributed by atoms with Crippen LogP contribution >= 0.6 is 11.3 Å². The molecule has 0 bridgehead atoms. The lowest BCUT2D eigenvalue weighted by Gasteiger charge is -2.08. The predicted molar refractivity (Wildman–Crippen MR) is 72.1 cm³/mol. The fraction of sp³-hybridized carbons (Fsp3) is 0.545. The molecule has 19 heavy (non-hydrogen) atoms. The van der Waals surface area contributed by atoms with Gasteiger partial charge in [-0.1, -0.05) is 6.92 Å². The molecule has 1 heterocycles. The minimum Gasteiger partial charge on any atom is -0.477 e. The zero-order chi connectivity index (χ0) is 14.6. The average Bonchev–Trinajstić information content (AvgIpc) is 2.71. The van der Waals surface area contributed by atoms with Crippen molar-refractivity contribution in [1.82, 2.24) is 4.72 Å². The van der Waals surface area contributed by atoms with Crippen LogP contribution in [0.1, 0.15) is 35.0 Å². The van der Waals surface area contributed by atoms with Crippen LogP contribution in [-0.2, 0) is 10.0 Å². The third-order valence-corrected chi connectivity index (χ3v) is 5.75. The summed E-state index contributed by atoms with van der Waals surface area (Å²) in [6.45, 7) is 3.48. The maximum absolute atomic E-state index is 11.9. The molecule has 8 heteroatoms. The van der Waals surface area contributed by atoms with E-state index in [-0.39, 0.29) is 15.6 Å². The maximum Gasteiger partial charge on any atom is 0.346 e. The molecule has 0 saturated heterocycles. The molecule has 0 aliphatic rings. The van der Waals surface area contributed by atoms with E-state index in [1.807, 2.05) is 0 Å².